The van der Waals surface area contributed by atoms with Crippen molar-refractivity contribution >= 4 is 49.4 Å². The summed E-state index contributed by atoms with van der Waals surface area (Å²) in [5.41, 5.74) is 0.412. The van der Waals surface area contributed by atoms with E-state index in [2.05, 4.69) is 25.6 Å². The van der Waals surface area contributed by atoms with Crippen molar-refractivity contribution in [2.75, 3.05) is 10.6 Å². The van der Waals surface area contributed by atoms with Gasteiger partial charge in [0, 0.05) is 6.54 Å². The number of halogens is 1. The Balaban J connectivity index is 0.00000256. The van der Waals surface area contributed by atoms with E-state index in [0.29, 0.717) is 24.7 Å². The third-order valence-electron chi connectivity index (χ3n) is 3.66. The molecule has 2 aromatic carbocycles. The molecule has 0 spiro atoms. The van der Waals surface area contributed by atoms with Crippen LogP contribution in [-0.2, 0) is 26.8 Å². The van der Waals surface area contributed by atoms with Gasteiger partial charge in [-0.05, 0) is 35.4 Å². The molecule has 2 N–H and O–H groups in total. The van der Waals surface area contributed by atoms with Crippen LogP contribution >= 0.6 is 11.6 Å². The molecule has 0 aliphatic rings. The van der Waals surface area contributed by atoms with Crippen LogP contribution in [0, 0.1) is 0 Å². The fourth-order valence-corrected chi connectivity index (χ4v) is 3.63. The molecule has 3 rings (SSSR count). The maximum Gasteiger partial charge on any atom is 1.00 e. The van der Waals surface area contributed by atoms with Gasteiger partial charge in [-0.2, -0.15) is 15.0 Å². The molecule has 0 aliphatic carbocycles. The molecule has 0 radical (unpaired) electrons. The van der Waals surface area contributed by atoms with Crippen molar-refractivity contribution in [3.8, 4) is 0 Å². The monoisotopic (exact) mass is 515 g/mol. The molecule has 1 heterocycles. The number of anilines is 3. The Kier molecular flexibility index (Phi) is 11.0. The summed E-state index contributed by atoms with van der Waals surface area (Å²) in [6, 6.07) is 11.4. The quantitative estimate of drug-likeness (QED) is 0.230. The summed E-state index contributed by atoms with van der Waals surface area (Å²) in [6.45, 7) is 0.338. The Hall–Kier alpha value is -0.840. The zero-order valence-corrected chi connectivity index (χ0v) is 23.2. The molecule has 16 heteroatoms. The summed E-state index contributed by atoms with van der Waals surface area (Å²) in [6.07, 6.45) is 0. The molecule has 11 nitrogen and oxygen atoms in total. The zero-order chi connectivity index (χ0) is 21.9. The fraction of sp³-hybridized carbons (Fsp3) is 0.0625. The molecular weight excluding hydrogens is 504 g/mol. The van der Waals surface area contributed by atoms with Crippen molar-refractivity contribution < 1.29 is 85.1 Å². The third-order valence-corrected chi connectivity index (χ3v) is 5.55. The molecule has 0 amide bonds. The Bertz CT molecular complexity index is 1300. The maximum absolute atomic E-state index is 11.5. The third kappa shape index (κ3) is 8.18. The number of aromatic nitrogens is 3. The van der Waals surface area contributed by atoms with Crippen molar-refractivity contribution in [2.24, 2.45) is 0 Å². The van der Waals surface area contributed by atoms with E-state index < -0.39 is 35.7 Å². The largest absolute Gasteiger partial charge is 1.00 e. The second-order valence-electron chi connectivity index (χ2n) is 5.78. The van der Waals surface area contributed by atoms with Gasteiger partial charge >= 0.3 is 59.1 Å². The van der Waals surface area contributed by atoms with E-state index in [4.69, 9.17) is 11.6 Å². The molecular formula is C16H12ClN5Na2O6S2. The first-order chi connectivity index (χ1) is 14.0. The van der Waals surface area contributed by atoms with Gasteiger partial charge in [0.15, 0.2) is 0 Å². The minimum absolute atomic E-state index is 0. The molecule has 0 unspecified atom stereocenters. The van der Waals surface area contributed by atoms with Crippen LogP contribution in [0.25, 0.3) is 0 Å². The van der Waals surface area contributed by atoms with Crippen LogP contribution < -0.4 is 69.7 Å². The molecule has 158 valence electrons. The van der Waals surface area contributed by atoms with Crippen molar-refractivity contribution in [1.29, 1.82) is 0 Å². The Morgan fingerprint density at radius 1 is 0.844 bits per heavy atom. The van der Waals surface area contributed by atoms with Crippen LogP contribution in [0.1, 0.15) is 5.56 Å². The number of nitrogens with one attached hydrogen (secondary N) is 2. The average Bonchev–Trinajstić information content (AvgIpc) is 2.65. The van der Waals surface area contributed by atoms with Crippen molar-refractivity contribution in [2.45, 2.75) is 16.3 Å². The second kappa shape index (κ2) is 12.0. The van der Waals surface area contributed by atoms with Crippen LogP contribution in [-0.4, -0.2) is 40.9 Å². The summed E-state index contributed by atoms with van der Waals surface area (Å²) in [4.78, 5) is 10.1. The zero-order valence-electron chi connectivity index (χ0n) is 16.8. The number of benzene rings is 2. The molecule has 32 heavy (non-hydrogen) atoms. The van der Waals surface area contributed by atoms with Crippen molar-refractivity contribution in [3.05, 3.63) is 59.4 Å². The molecule has 3 aromatic rings. The van der Waals surface area contributed by atoms with Gasteiger partial charge in [-0.15, -0.1) is 0 Å². The van der Waals surface area contributed by atoms with E-state index in [1.54, 1.807) is 0 Å². The van der Waals surface area contributed by atoms with E-state index >= 15 is 0 Å². The van der Waals surface area contributed by atoms with Gasteiger partial charge in [0.2, 0.25) is 17.2 Å². The van der Waals surface area contributed by atoms with Gasteiger partial charge in [0.1, 0.15) is 20.2 Å². The van der Waals surface area contributed by atoms with Crippen molar-refractivity contribution in [3.63, 3.8) is 0 Å². The van der Waals surface area contributed by atoms with E-state index in [-0.39, 0.29) is 76.3 Å². The minimum atomic E-state index is -5.01. The van der Waals surface area contributed by atoms with E-state index in [1.807, 2.05) is 30.3 Å². The first kappa shape index (κ1) is 29.2. The fourth-order valence-electron chi connectivity index (χ4n) is 2.36. The standard InChI is InChI=1S/C16H14ClN5O6S2.2Na/c17-14-20-15(18-9-10-4-2-1-3-5-10)22-16(21-14)19-12-8-11(29(23,24)25)6-7-13(12)30(26,27)28;;/h1-8H,9H2,(H,23,24,25)(H,26,27,28)(H2,18,19,20,21,22);;/q;2*+1/p-2. The van der Waals surface area contributed by atoms with Gasteiger partial charge in [0.25, 0.3) is 0 Å². The van der Waals surface area contributed by atoms with E-state index in [0.717, 1.165) is 5.56 Å². The Morgan fingerprint density at radius 3 is 2.06 bits per heavy atom. The topological polar surface area (TPSA) is 177 Å². The Morgan fingerprint density at radius 2 is 1.47 bits per heavy atom. The van der Waals surface area contributed by atoms with Gasteiger partial charge in [0.05, 0.1) is 15.5 Å². The molecule has 0 atom stereocenters. The van der Waals surface area contributed by atoms with Gasteiger partial charge in [-0.3, -0.25) is 0 Å². The Labute approximate surface area is 233 Å². The number of rotatable bonds is 7. The van der Waals surface area contributed by atoms with Crippen molar-refractivity contribution in [1.82, 2.24) is 15.0 Å². The van der Waals surface area contributed by atoms with E-state index in [9.17, 15) is 25.9 Å². The molecule has 0 fully saturated rings. The summed E-state index contributed by atoms with van der Waals surface area (Å²) in [5.74, 6) is -0.253. The number of hydrogen-bond donors (Lipinski definition) is 2. The summed E-state index contributed by atoms with van der Waals surface area (Å²) < 4.78 is 68.2. The van der Waals surface area contributed by atoms with Crippen LogP contribution in [0.15, 0.2) is 58.3 Å². The first-order valence-electron chi connectivity index (χ1n) is 8.04. The summed E-state index contributed by atoms with van der Waals surface area (Å²) >= 11 is 5.86. The normalized spacial score (nSPS) is 11.1. The smallest absolute Gasteiger partial charge is 0.744 e. The molecule has 0 aliphatic heterocycles. The molecule has 1 aromatic heterocycles. The van der Waals surface area contributed by atoms with Crippen LogP contribution in [0.2, 0.25) is 5.28 Å². The van der Waals surface area contributed by atoms with Crippen LogP contribution in [0.4, 0.5) is 17.6 Å². The van der Waals surface area contributed by atoms with Crippen LogP contribution in [0.5, 0.6) is 0 Å². The molecule has 0 saturated carbocycles. The number of hydrogen-bond acceptors (Lipinski definition) is 11. The molecule has 0 bridgehead atoms. The van der Waals surface area contributed by atoms with Gasteiger partial charge in [-0.25, -0.2) is 16.8 Å². The van der Waals surface area contributed by atoms with Gasteiger partial charge < -0.3 is 19.7 Å². The summed E-state index contributed by atoms with van der Waals surface area (Å²) in [5, 5.41) is 5.04. The maximum atomic E-state index is 11.5. The second-order valence-corrected chi connectivity index (χ2v) is 8.85. The predicted molar refractivity (Wildman–Crippen MR) is 104 cm³/mol. The summed E-state index contributed by atoms with van der Waals surface area (Å²) in [7, 11) is -9.93. The number of nitrogens with zero attached hydrogens (tertiary/aromatic N) is 3. The molecule has 0 saturated heterocycles. The average molecular weight is 516 g/mol. The van der Waals surface area contributed by atoms with Crippen LogP contribution in [0.3, 0.4) is 0 Å². The SMILES string of the molecule is O=S(=O)([O-])c1ccc(S(=O)(=O)[O-])c(Nc2nc(Cl)nc(NCc3ccccc3)n2)c1.[Na+].[Na+]. The van der Waals surface area contributed by atoms with Gasteiger partial charge in [-0.1, -0.05) is 30.3 Å². The van der Waals surface area contributed by atoms with E-state index in [1.165, 1.54) is 0 Å². The minimum Gasteiger partial charge on any atom is -0.744 e. The first-order valence-corrected chi connectivity index (χ1v) is 11.2. The predicted octanol–water partition coefficient (Wildman–Crippen LogP) is -4.30.